The molecular weight excluding hydrogens is 426 g/mol. The van der Waals surface area contributed by atoms with Crippen LogP contribution < -0.4 is 15.5 Å². The number of ether oxygens (including phenoxy) is 1. The van der Waals surface area contributed by atoms with Crippen molar-refractivity contribution in [1.29, 1.82) is 0 Å². The Morgan fingerprint density at radius 2 is 2.16 bits per heavy atom. The number of aryl methyl sites for hydroxylation is 1. The Morgan fingerprint density at radius 1 is 1.40 bits per heavy atom. The lowest BCUT2D eigenvalue weighted by molar-refractivity contribution is 0.0977. The second-order valence-electron chi connectivity index (χ2n) is 4.77. The molecule has 25 heavy (non-hydrogen) atoms. The fourth-order valence-electron chi connectivity index (χ4n) is 1.91. The third-order valence-corrected chi connectivity index (χ3v) is 4.63. The molecule has 0 aliphatic heterocycles. The molecule has 1 aromatic heterocycles. The summed E-state index contributed by atoms with van der Waals surface area (Å²) in [6, 6.07) is 5.10. The summed E-state index contributed by atoms with van der Waals surface area (Å²) < 4.78 is 7.79. The number of nitrogens with zero attached hydrogens (tertiary/aromatic N) is 3. The zero-order chi connectivity index (χ0) is 18.4. The minimum Gasteiger partial charge on any atom is -0.493 e. The smallest absolute Gasteiger partial charge is 0.257 e. The third kappa shape index (κ3) is 5.16. The maximum atomic E-state index is 12.4. The third-order valence-electron chi connectivity index (χ3n) is 3.00. The summed E-state index contributed by atoms with van der Waals surface area (Å²) in [5, 5.41) is 11.5. The minimum atomic E-state index is -0.323. The molecule has 7 nitrogen and oxygen atoms in total. The van der Waals surface area contributed by atoms with Crippen molar-refractivity contribution in [2.75, 3.05) is 17.8 Å². The number of aromatic nitrogens is 3. The number of amides is 1. The van der Waals surface area contributed by atoms with Gasteiger partial charge in [0.25, 0.3) is 5.91 Å². The summed E-state index contributed by atoms with van der Waals surface area (Å²) in [5.41, 5.74) is 3.39. The molecule has 10 heteroatoms. The minimum absolute atomic E-state index is 0.163. The number of carbonyl (C=O) groups excluding carboxylic acids is 1. The zero-order valence-corrected chi connectivity index (χ0v) is 17.2. The number of hydrogen-bond acceptors (Lipinski definition) is 6. The molecule has 1 heterocycles. The van der Waals surface area contributed by atoms with E-state index in [2.05, 4.69) is 36.9 Å². The summed E-state index contributed by atoms with van der Waals surface area (Å²) >= 11 is 10.1. The molecule has 0 fully saturated rings. The highest BCUT2D eigenvalue weighted by molar-refractivity contribution is 9.10. The number of thiocarbonyl (C=S) groups is 1. The second-order valence-corrected chi connectivity index (χ2v) is 7.27. The fourth-order valence-corrected chi connectivity index (χ4v) is 3.25. The molecule has 0 bridgehead atoms. The van der Waals surface area contributed by atoms with Crippen LogP contribution in [0.3, 0.4) is 0 Å². The topological polar surface area (TPSA) is 81.1 Å². The van der Waals surface area contributed by atoms with Crippen LogP contribution >= 0.6 is 39.9 Å². The highest BCUT2D eigenvalue weighted by Crippen LogP contribution is 2.26. The van der Waals surface area contributed by atoms with Crippen LogP contribution in [-0.2, 0) is 0 Å². The number of benzene rings is 1. The fraction of sp³-hybridized carbons (Fsp3) is 0.333. The van der Waals surface area contributed by atoms with Crippen molar-refractivity contribution >= 4 is 50.9 Å². The molecule has 2 aromatic rings. The van der Waals surface area contributed by atoms with Crippen molar-refractivity contribution in [2.45, 2.75) is 25.9 Å². The Bertz CT molecular complexity index is 781. The lowest BCUT2D eigenvalue weighted by Gasteiger charge is -2.13. The first kappa shape index (κ1) is 19.7. The molecule has 2 N–H and O–H groups in total. The van der Waals surface area contributed by atoms with E-state index in [9.17, 15) is 4.79 Å². The van der Waals surface area contributed by atoms with Crippen molar-refractivity contribution in [3.63, 3.8) is 0 Å². The lowest BCUT2D eigenvalue weighted by atomic mass is 10.2. The quantitative estimate of drug-likeness (QED) is 0.524. The Kier molecular flexibility index (Phi) is 7.21. The molecule has 0 aliphatic carbocycles. The molecule has 1 amide bonds. The van der Waals surface area contributed by atoms with E-state index < -0.39 is 0 Å². The summed E-state index contributed by atoms with van der Waals surface area (Å²) in [6.45, 7) is 6.26. The van der Waals surface area contributed by atoms with Gasteiger partial charge in [0, 0.05) is 5.56 Å². The standard InChI is InChI=1S/C15H18BrN5O2S2/c1-4-23-12-7-6-10(8-11(12)16)13(22)17-14(24)20-21-9(3)18-19-15(21)25-5-2/h6-8H,4-5H2,1-3H3,(H2,17,20,22,24). The van der Waals surface area contributed by atoms with Crippen LogP contribution in [0.4, 0.5) is 0 Å². The van der Waals surface area contributed by atoms with Crippen molar-refractivity contribution in [3.8, 4) is 5.75 Å². The van der Waals surface area contributed by atoms with E-state index in [1.807, 2.05) is 13.8 Å². The van der Waals surface area contributed by atoms with Crippen molar-refractivity contribution in [2.24, 2.45) is 0 Å². The number of carbonyl (C=O) groups is 1. The molecule has 1 aromatic carbocycles. The Labute approximate surface area is 164 Å². The van der Waals surface area contributed by atoms with Crippen LogP contribution in [0.15, 0.2) is 27.8 Å². The van der Waals surface area contributed by atoms with E-state index in [1.165, 1.54) is 11.8 Å². The summed E-state index contributed by atoms with van der Waals surface area (Å²) in [5.74, 6) is 1.85. The van der Waals surface area contributed by atoms with E-state index in [1.54, 1.807) is 29.8 Å². The number of nitrogens with one attached hydrogen (secondary N) is 2. The van der Waals surface area contributed by atoms with E-state index in [0.717, 1.165) is 5.75 Å². The normalized spacial score (nSPS) is 10.4. The average molecular weight is 444 g/mol. The van der Waals surface area contributed by atoms with E-state index in [0.29, 0.717) is 33.4 Å². The molecule has 0 saturated heterocycles. The van der Waals surface area contributed by atoms with E-state index >= 15 is 0 Å². The Morgan fingerprint density at radius 3 is 2.80 bits per heavy atom. The summed E-state index contributed by atoms with van der Waals surface area (Å²) in [7, 11) is 0. The van der Waals surface area contributed by atoms with Gasteiger partial charge < -0.3 is 4.74 Å². The highest BCUT2D eigenvalue weighted by Gasteiger charge is 2.13. The molecule has 0 unspecified atom stereocenters. The van der Waals surface area contributed by atoms with Crippen LogP contribution in [0.25, 0.3) is 0 Å². The van der Waals surface area contributed by atoms with Crippen molar-refractivity contribution < 1.29 is 9.53 Å². The van der Waals surface area contributed by atoms with Crippen LogP contribution in [-0.4, -0.2) is 38.3 Å². The van der Waals surface area contributed by atoms with Gasteiger partial charge in [-0.15, -0.1) is 10.2 Å². The summed E-state index contributed by atoms with van der Waals surface area (Å²) in [6.07, 6.45) is 0. The number of halogens is 1. The van der Waals surface area contributed by atoms with Crippen LogP contribution in [0.1, 0.15) is 30.0 Å². The predicted octanol–water partition coefficient (Wildman–Crippen LogP) is 3.12. The molecule has 134 valence electrons. The van der Waals surface area contributed by atoms with Crippen molar-refractivity contribution in [1.82, 2.24) is 20.2 Å². The lowest BCUT2D eigenvalue weighted by Crippen LogP contribution is -2.38. The first-order valence-electron chi connectivity index (χ1n) is 7.55. The van der Waals surface area contributed by atoms with Crippen LogP contribution in [0.5, 0.6) is 5.75 Å². The Hall–Kier alpha value is -1.65. The molecular formula is C15H18BrN5O2S2. The van der Waals surface area contributed by atoms with E-state index in [-0.39, 0.29) is 11.0 Å². The maximum Gasteiger partial charge on any atom is 0.257 e. The van der Waals surface area contributed by atoms with Gasteiger partial charge in [0.15, 0.2) is 5.11 Å². The zero-order valence-electron chi connectivity index (χ0n) is 14.0. The first-order valence-corrected chi connectivity index (χ1v) is 9.74. The summed E-state index contributed by atoms with van der Waals surface area (Å²) in [4.78, 5) is 12.4. The van der Waals surface area contributed by atoms with Crippen LogP contribution in [0.2, 0.25) is 0 Å². The van der Waals surface area contributed by atoms with Gasteiger partial charge in [0.1, 0.15) is 11.6 Å². The monoisotopic (exact) mass is 443 g/mol. The van der Waals surface area contributed by atoms with Crippen molar-refractivity contribution in [3.05, 3.63) is 34.1 Å². The maximum absolute atomic E-state index is 12.4. The van der Waals surface area contributed by atoms with Gasteiger partial charge in [0.2, 0.25) is 5.16 Å². The molecule has 0 radical (unpaired) electrons. The largest absolute Gasteiger partial charge is 0.493 e. The molecule has 2 rings (SSSR count). The molecule has 0 saturated carbocycles. The highest BCUT2D eigenvalue weighted by atomic mass is 79.9. The van der Waals surface area contributed by atoms with Gasteiger partial charge in [-0.3, -0.25) is 15.5 Å². The van der Waals surface area contributed by atoms with Gasteiger partial charge >= 0.3 is 0 Å². The van der Waals surface area contributed by atoms with E-state index in [4.69, 9.17) is 17.0 Å². The molecule has 0 aliphatic rings. The average Bonchev–Trinajstić information content (AvgIpc) is 2.90. The van der Waals surface area contributed by atoms with Gasteiger partial charge in [-0.25, -0.2) is 4.68 Å². The molecule has 0 atom stereocenters. The molecule has 0 spiro atoms. The second kappa shape index (κ2) is 9.16. The first-order chi connectivity index (χ1) is 12.0. The van der Waals surface area contributed by atoms with Gasteiger partial charge in [0.05, 0.1) is 11.1 Å². The number of hydrogen-bond donors (Lipinski definition) is 2. The van der Waals surface area contributed by atoms with Gasteiger partial charge in [-0.05, 0) is 65.9 Å². The van der Waals surface area contributed by atoms with Crippen LogP contribution in [0, 0.1) is 6.92 Å². The van der Waals surface area contributed by atoms with Gasteiger partial charge in [-0.2, -0.15) is 0 Å². The van der Waals surface area contributed by atoms with Gasteiger partial charge in [-0.1, -0.05) is 18.7 Å². The number of thioether (sulfide) groups is 1. The predicted molar refractivity (Wildman–Crippen MR) is 106 cm³/mol. The SMILES string of the molecule is CCOc1ccc(C(=O)NC(=S)Nn2c(C)nnc2SCC)cc1Br. The Balaban J connectivity index is 2.04. The number of rotatable bonds is 6.